The van der Waals surface area contributed by atoms with Gasteiger partial charge in [0.2, 0.25) is 5.95 Å². The van der Waals surface area contributed by atoms with Gasteiger partial charge in [-0.05, 0) is 45.6 Å². The SMILES string of the molecule is Cc1cc(C)nc(N2CCN(C3CCC(n4ncc(=O)n(C)c4=O)CC3)CC2)n1. The van der Waals surface area contributed by atoms with Crippen molar-refractivity contribution in [2.45, 2.75) is 51.6 Å². The summed E-state index contributed by atoms with van der Waals surface area (Å²) < 4.78 is 2.63. The molecule has 0 N–H and O–H groups in total. The Morgan fingerprint density at radius 1 is 0.897 bits per heavy atom. The third-order valence-corrected chi connectivity index (χ3v) is 6.20. The van der Waals surface area contributed by atoms with Gasteiger partial charge in [-0.2, -0.15) is 5.10 Å². The van der Waals surface area contributed by atoms with Crippen molar-refractivity contribution >= 4 is 5.95 Å². The standard InChI is InChI=1S/C20H29N7O2/c1-14-12-15(2)23-19(22-14)26-10-8-25(9-11-26)16-4-6-17(7-5-16)27-20(29)24(3)18(28)13-21-27/h12-13,16-17H,4-11H2,1-3H3. The maximum Gasteiger partial charge on any atom is 0.347 e. The highest BCUT2D eigenvalue weighted by Gasteiger charge is 2.30. The third-order valence-electron chi connectivity index (χ3n) is 6.20. The maximum absolute atomic E-state index is 12.3. The molecule has 1 aliphatic carbocycles. The Kier molecular flexibility index (Phi) is 5.49. The molecule has 0 unspecified atom stereocenters. The van der Waals surface area contributed by atoms with Crippen LogP contribution in [0.1, 0.15) is 43.1 Å². The molecular weight excluding hydrogens is 370 g/mol. The quantitative estimate of drug-likeness (QED) is 0.749. The number of aromatic nitrogens is 5. The smallest absolute Gasteiger partial charge is 0.338 e. The Morgan fingerprint density at radius 3 is 2.10 bits per heavy atom. The molecule has 1 saturated carbocycles. The summed E-state index contributed by atoms with van der Waals surface area (Å²) in [4.78, 5) is 37.9. The van der Waals surface area contributed by atoms with Crippen molar-refractivity contribution in [3.8, 4) is 0 Å². The molecular formula is C20H29N7O2. The monoisotopic (exact) mass is 399 g/mol. The molecule has 2 fully saturated rings. The molecule has 0 bridgehead atoms. The van der Waals surface area contributed by atoms with E-state index in [9.17, 15) is 9.59 Å². The van der Waals surface area contributed by atoms with Crippen LogP contribution in [-0.4, -0.2) is 61.4 Å². The molecule has 9 nitrogen and oxygen atoms in total. The topological polar surface area (TPSA) is 89.2 Å². The zero-order chi connectivity index (χ0) is 20.5. The summed E-state index contributed by atoms with van der Waals surface area (Å²) in [5.74, 6) is 0.839. The molecule has 29 heavy (non-hydrogen) atoms. The van der Waals surface area contributed by atoms with Gasteiger partial charge in [-0.1, -0.05) is 0 Å². The van der Waals surface area contributed by atoms with Crippen LogP contribution in [0.3, 0.4) is 0 Å². The summed E-state index contributed by atoms with van der Waals surface area (Å²) in [7, 11) is 1.51. The second kappa shape index (κ2) is 8.06. The molecule has 2 aromatic heterocycles. The Balaban J connectivity index is 1.34. The van der Waals surface area contributed by atoms with E-state index in [0.717, 1.165) is 73.8 Å². The molecule has 0 aromatic carbocycles. The number of anilines is 1. The predicted molar refractivity (Wildman–Crippen MR) is 110 cm³/mol. The number of rotatable bonds is 3. The number of hydrogen-bond acceptors (Lipinski definition) is 7. The van der Waals surface area contributed by atoms with Crippen molar-refractivity contribution in [2.24, 2.45) is 7.05 Å². The molecule has 1 aliphatic heterocycles. The molecule has 0 atom stereocenters. The largest absolute Gasteiger partial charge is 0.347 e. The van der Waals surface area contributed by atoms with E-state index in [1.165, 1.54) is 17.9 Å². The molecule has 2 aliphatic rings. The first-order valence-corrected chi connectivity index (χ1v) is 10.4. The van der Waals surface area contributed by atoms with Gasteiger partial charge < -0.3 is 4.90 Å². The second-order valence-electron chi connectivity index (χ2n) is 8.21. The van der Waals surface area contributed by atoms with Crippen LogP contribution in [0.4, 0.5) is 5.95 Å². The van der Waals surface area contributed by atoms with Gasteiger partial charge in [-0.3, -0.25) is 14.3 Å². The molecule has 4 rings (SSSR count). The maximum atomic E-state index is 12.3. The molecule has 9 heteroatoms. The van der Waals surface area contributed by atoms with Gasteiger partial charge >= 0.3 is 5.69 Å². The lowest BCUT2D eigenvalue weighted by atomic mass is 9.90. The van der Waals surface area contributed by atoms with E-state index >= 15 is 0 Å². The molecule has 156 valence electrons. The average molecular weight is 399 g/mol. The number of aryl methyl sites for hydroxylation is 2. The highest BCUT2D eigenvalue weighted by molar-refractivity contribution is 5.33. The van der Waals surface area contributed by atoms with Gasteiger partial charge in [0.25, 0.3) is 5.56 Å². The lowest BCUT2D eigenvalue weighted by Gasteiger charge is -2.42. The summed E-state index contributed by atoms with van der Waals surface area (Å²) >= 11 is 0. The van der Waals surface area contributed by atoms with Crippen LogP contribution in [-0.2, 0) is 7.05 Å². The van der Waals surface area contributed by atoms with E-state index in [4.69, 9.17) is 0 Å². The summed E-state index contributed by atoms with van der Waals surface area (Å²) in [5.41, 5.74) is 1.35. The van der Waals surface area contributed by atoms with Crippen molar-refractivity contribution in [3.05, 3.63) is 44.5 Å². The first-order valence-electron chi connectivity index (χ1n) is 10.4. The highest BCUT2D eigenvalue weighted by atomic mass is 16.2. The van der Waals surface area contributed by atoms with E-state index in [1.807, 2.05) is 19.9 Å². The fourth-order valence-electron chi connectivity index (χ4n) is 4.55. The lowest BCUT2D eigenvalue weighted by Crippen LogP contribution is -2.52. The van der Waals surface area contributed by atoms with Crippen LogP contribution in [0.2, 0.25) is 0 Å². The summed E-state index contributed by atoms with van der Waals surface area (Å²) in [5, 5.41) is 4.09. The fourth-order valence-corrected chi connectivity index (χ4v) is 4.55. The van der Waals surface area contributed by atoms with Crippen LogP contribution < -0.4 is 16.1 Å². The first-order chi connectivity index (χ1) is 13.9. The van der Waals surface area contributed by atoms with Crippen molar-refractivity contribution in [1.82, 2.24) is 29.2 Å². The second-order valence-corrected chi connectivity index (χ2v) is 8.21. The number of hydrogen-bond donors (Lipinski definition) is 0. The molecule has 0 radical (unpaired) electrons. The lowest BCUT2D eigenvalue weighted by molar-refractivity contribution is 0.125. The molecule has 1 saturated heterocycles. The van der Waals surface area contributed by atoms with Gasteiger partial charge in [0, 0.05) is 50.7 Å². The Bertz CT molecular complexity index is 963. The molecule has 0 amide bonds. The van der Waals surface area contributed by atoms with E-state index in [0.29, 0.717) is 6.04 Å². The minimum Gasteiger partial charge on any atom is -0.338 e. The van der Waals surface area contributed by atoms with Gasteiger partial charge in [0.15, 0.2) is 0 Å². The average Bonchev–Trinajstić information content (AvgIpc) is 2.72. The Hall–Kier alpha value is -2.55. The highest BCUT2D eigenvalue weighted by Crippen LogP contribution is 2.30. The zero-order valence-corrected chi connectivity index (χ0v) is 17.4. The van der Waals surface area contributed by atoms with Crippen molar-refractivity contribution in [3.63, 3.8) is 0 Å². The molecule has 3 heterocycles. The van der Waals surface area contributed by atoms with Crippen LogP contribution in [0, 0.1) is 13.8 Å². The van der Waals surface area contributed by atoms with Gasteiger partial charge in [0.05, 0.1) is 6.04 Å². The molecule has 2 aromatic rings. The first kappa shape index (κ1) is 19.8. The Labute approximate surface area is 170 Å². The van der Waals surface area contributed by atoms with E-state index in [2.05, 4.69) is 24.9 Å². The minimum absolute atomic E-state index is 0.0792. The van der Waals surface area contributed by atoms with Crippen molar-refractivity contribution in [1.29, 1.82) is 0 Å². The molecule has 0 spiro atoms. The van der Waals surface area contributed by atoms with E-state index in [-0.39, 0.29) is 17.3 Å². The summed E-state index contributed by atoms with van der Waals surface area (Å²) in [6.07, 6.45) is 5.15. The normalized spacial score (nSPS) is 23.3. The van der Waals surface area contributed by atoms with Gasteiger partial charge in [0.1, 0.15) is 6.20 Å². The van der Waals surface area contributed by atoms with Crippen LogP contribution in [0.5, 0.6) is 0 Å². The zero-order valence-electron chi connectivity index (χ0n) is 17.4. The van der Waals surface area contributed by atoms with E-state index in [1.54, 1.807) is 0 Å². The van der Waals surface area contributed by atoms with Crippen LogP contribution >= 0.6 is 0 Å². The van der Waals surface area contributed by atoms with Crippen LogP contribution in [0.25, 0.3) is 0 Å². The number of piperazine rings is 1. The summed E-state index contributed by atoms with van der Waals surface area (Å²) in [6.45, 7) is 7.90. The minimum atomic E-state index is -0.356. The fraction of sp³-hybridized carbons (Fsp3) is 0.650. The van der Waals surface area contributed by atoms with Crippen LogP contribution in [0.15, 0.2) is 21.9 Å². The van der Waals surface area contributed by atoms with Crippen molar-refractivity contribution in [2.75, 3.05) is 31.1 Å². The third kappa shape index (κ3) is 4.10. The van der Waals surface area contributed by atoms with Gasteiger partial charge in [-0.25, -0.2) is 19.4 Å². The van der Waals surface area contributed by atoms with E-state index < -0.39 is 0 Å². The van der Waals surface area contributed by atoms with Crippen molar-refractivity contribution < 1.29 is 0 Å². The van der Waals surface area contributed by atoms with Gasteiger partial charge in [-0.15, -0.1) is 0 Å². The Morgan fingerprint density at radius 2 is 1.48 bits per heavy atom. The number of nitrogens with zero attached hydrogens (tertiary/aromatic N) is 7. The summed E-state index contributed by atoms with van der Waals surface area (Å²) in [6, 6.07) is 2.62. The predicted octanol–water partition coefficient (Wildman–Crippen LogP) is 0.655.